The Balaban J connectivity index is 2.33. The van der Waals surface area contributed by atoms with Gasteiger partial charge in [0.2, 0.25) is 0 Å². The molecule has 4 heteroatoms. The van der Waals surface area contributed by atoms with Gasteiger partial charge < -0.3 is 9.84 Å². The molecule has 2 nitrogen and oxygen atoms in total. The zero-order valence-electron chi connectivity index (χ0n) is 9.78. The lowest BCUT2D eigenvalue weighted by atomic mass is 10.2. The molecule has 0 aliphatic carbocycles. The maximum atomic E-state index is 13.0. The van der Waals surface area contributed by atoms with Crippen molar-refractivity contribution in [2.45, 2.75) is 13.5 Å². The Hall–Kier alpha value is -1.94. The summed E-state index contributed by atoms with van der Waals surface area (Å²) in [4.78, 5) is 0. The molecule has 0 spiro atoms. The molecule has 0 atom stereocenters. The first-order chi connectivity index (χ1) is 8.60. The summed E-state index contributed by atoms with van der Waals surface area (Å²) in [7, 11) is 0. The highest BCUT2D eigenvalue weighted by molar-refractivity contribution is 5.41. The normalized spacial score (nSPS) is 10.4. The largest absolute Gasteiger partial charge is 0.457 e. The van der Waals surface area contributed by atoms with Crippen molar-refractivity contribution in [1.82, 2.24) is 0 Å². The van der Waals surface area contributed by atoms with Crippen LogP contribution in [-0.2, 0) is 6.61 Å². The van der Waals surface area contributed by atoms with E-state index in [1.54, 1.807) is 6.92 Å². The van der Waals surface area contributed by atoms with Crippen LogP contribution in [-0.4, -0.2) is 5.11 Å². The molecule has 0 saturated carbocycles. The van der Waals surface area contributed by atoms with Gasteiger partial charge in [-0.25, -0.2) is 8.78 Å². The second-order valence-electron chi connectivity index (χ2n) is 3.92. The number of benzene rings is 2. The van der Waals surface area contributed by atoms with Crippen LogP contribution < -0.4 is 4.74 Å². The number of ether oxygens (including phenoxy) is 1. The Morgan fingerprint density at radius 1 is 1.00 bits per heavy atom. The van der Waals surface area contributed by atoms with E-state index in [2.05, 4.69) is 0 Å². The van der Waals surface area contributed by atoms with Crippen molar-refractivity contribution in [1.29, 1.82) is 0 Å². The molecule has 0 heterocycles. The summed E-state index contributed by atoms with van der Waals surface area (Å²) in [6.07, 6.45) is 0. The van der Waals surface area contributed by atoms with E-state index >= 15 is 0 Å². The van der Waals surface area contributed by atoms with Crippen molar-refractivity contribution in [3.63, 3.8) is 0 Å². The van der Waals surface area contributed by atoms with Crippen molar-refractivity contribution in [3.8, 4) is 11.5 Å². The smallest absolute Gasteiger partial charge is 0.133 e. The Morgan fingerprint density at radius 2 is 1.61 bits per heavy atom. The van der Waals surface area contributed by atoms with Gasteiger partial charge in [-0.05, 0) is 48.9 Å². The van der Waals surface area contributed by atoms with Crippen LogP contribution in [0.1, 0.15) is 11.1 Å². The third-order valence-corrected chi connectivity index (χ3v) is 2.55. The topological polar surface area (TPSA) is 29.5 Å². The quantitative estimate of drug-likeness (QED) is 0.902. The van der Waals surface area contributed by atoms with Gasteiger partial charge in [-0.2, -0.15) is 0 Å². The predicted molar refractivity (Wildman–Crippen MR) is 63.5 cm³/mol. The molecule has 94 valence electrons. The van der Waals surface area contributed by atoms with E-state index < -0.39 is 5.82 Å². The van der Waals surface area contributed by atoms with Gasteiger partial charge in [-0.1, -0.05) is 0 Å². The number of aliphatic hydroxyl groups is 1. The molecule has 0 fully saturated rings. The molecule has 2 rings (SSSR count). The number of hydrogen-bond donors (Lipinski definition) is 1. The van der Waals surface area contributed by atoms with Gasteiger partial charge >= 0.3 is 0 Å². The number of aryl methyl sites for hydroxylation is 1. The first-order valence-corrected chi connectivity index (χ1v) is 5.43. The summed E-state index contributed by atoms with van der Waals surface area (Å²) < 4.78 is 31.5. The minimum Gasteiger partial charge on any atom is -0.457 e. The summed E-state index contributed by atoms with van der Waals surface area (Å²) in [6.45, 7) is 1.38. The van der Waals surface area contributed by atoms with Crippen LogP contribution in [0.15, 0.2) is 36.4 Å². The number of rotatable bonds is 3. The molecule has 0 aliphatic heterocycles. The zero-order chi connectivity index (χ0) is 13.1. The molecular formula is C14H12F2O2. The van der Waals surface area contributed by atoms with E-state index in [-0.39, 0.29) is 12.4 Å². The molecule has 2 aromatic rings. The molecule has 0 radical (unpaired) electrons. The average Bonchev–Trinajstić information content (AvgIpc) is 2.34. The molecule has 0 unspecified atom stereocenters. The van der Waals surface area contributed by atoms with E-state index in [9.17, 15) is 8.78 Å². The minimum atomic E-state index is -0.442. The van der Waals surface area contributed by atoms with Gasteiger partial charge in [0.15, 0.2) is 0 Å². The number of aliphatic hydroxyl groups excluding tert-OH is 1. The Morgan fingerprint density at radius 3 is 2.22 bits per heavy atom. The fourth-order valence-corrected chi connectivity index (χ4v) is 1.62. The fraction of sp³-hybridized carbons (Fsp3) is 0.143. The Kier molecular flexibility index (Phi) is 3.58. The lowest BCUT2D eigenvalue weighted by molar-refractivity contribution is 0.275. The van der Waals surface area contributed by atoms with Crippen molar-refractivity contribution < 1.29 is 18.6 Å². The van der Waals surface area contributed by atoms with E-state index in [1.807, 2.05) is 0 Å². The first-order valence-electron chi connectivity index (χ1n) is 5.43. The molecular weight excluding hydrogens is 238 g/mol. The maximum Gasteiger partial charge on any atom is 0.133 e. The predicted octanol–water partition coefficient (Wildman–Crippen LogP) is 3.56. The monoisotopic (exact) mass is 250 g/mol. The third kappa shape index (κ3) is 2.65. The number of hydrogen-bond acceptors (Lipinski definition) is 2. The van der Waals surface area contributed by atoms with Crippen LogP contribution >= 0.6 is 0 Å². The van der Waals surface area contributed by atoms with Gasteiger partial charge in [0.05, 0.1) is 6.61 Å². The highest BCUT2D eigenvalue weighted by Gasteiger charge is 2.08. The zero-order valence-corrected chi connectivity index (χ0v) is 9.78. The maximum absolute atomic E-state index is 13.0. The Bertz CT molecular complexity index is 568. The highest BCUT2D eigenvalue weighted by Crippen LogP contribution is 2.28. The van der Waals surface area contributed by atoms with Crippen LogP contribution in [0.25, 0.3) is 0 Å². The lowest BCUT2D eigenvalue weighted by Gasteiger charge is -2.11. The van der Waals surface area contributed by atoms with E-state index in [4.69, 9.17) is 9.84 Å². The highest BCUT2D eigenvalue weighted by atomic mass is 19.1. The summed E-state index contributed by atoms with van der Waals surface area (Å²) in [5.41, 5.74) is 0.974. The Labute approximate surface area is 103 Å². The van der Waals surface area contributed by atoms with Crippen molar-refractivity contribution in [2.75, 3.05) is 0 Å². The number of halogens is 2. The van der Waals surface area contributed by atoms with Gasteiger partial charge in [-0.15, -0.1) is 0 Å². The van der Waals surface area contributed by atoms with Crippen molar-refractivity contribution >= 4 is 0 Å². The molecule has 1 N–H and O–H groups in total. The first kappa shape index (κ1) is 12.5. The van der Waals surface area contributed by atoms with Crippen molar-refractivity contribution in [2.24, 2.45) is 0 Å². The summed E-state index contributed by atoms with van der Waals surface area (Å²) in [5.74, 6) is 0.0369. The van der Waals surface area contributed by atoms with Gasteiger partial charge in [0.1, 0.15) is 23.1 Å². The van der Waals surface area contributed by atoms with Crippen LogP contribution in [0.3, 0.4) is 0 Å². The second-order valence-corrected chi connectivity index (χ2v) is 3.92. The molecule has 0 bridgehead atoms. The van der Waals surface area contributed by atoms with Crippen LogP contribution in [0.5, 0.6) is 11.5 Å². The second kappa shape index (κ2) is 5.14. The van der Waals surface area contributed by atoms with Crippen LogP contribution in [0.4, 0.5) is 8.78 Å². The minimum absolute atomic E-state index is 0.326. The van der Waals surface area contributed by atoms with E-state index in [0.29, 0.717) is 22.6 Å². The molecule has 0 amide bonds. The third-order valence-electron chi connectivity index (χ3n) is 2.55. The van der Waals surface area contributed by atoms with Crippen LogP contribution in [0.2, 0.25) is 0 Å². The van der Waals surface area contributed by atoms with Gasteiger partial charge in [0.25, 0.3) is 0 Å². The summed E-state index contributed by atoms with van der Waals surface area (Å²) in [6, 6.07) is 8.00. The van der Waals surface area contributed by atoms with Gasteiger partial charge in [0, 0.05) is 5.56 Å². The van der Waals surface area contributed by atoms with E-state index in [0.717, 1.165) is 0 Å². The lowest BCUT2D eigenvalue weighted by Crippen LogP contribution is -1.94. The SMILES string of the molecule is Cc1cc(F)ccc1Oc1ccc(F)cc1CO. The molecule has 18 heavy (non-hydrogen) atoms. The standard InChI is InChI=1S/C14H12F2O2/c1-9-6-11(15)2-4-13(9)18-14-5-3-12(16)7-10(14)8-17/h2-7,17H,8H2,1H3. The fourth-order valence-electron chi connectivity index (χ4n) is 1.62. The molecule has 0 aliphatic rings. The van der Waals surface area contributed by atoms with Gasteiger partial charge in [-0.3, -0.25) is 0 Å². The molecule has 0 aromatic heterocycles. The average molecular weight is 250 g/mol. The molecule has 2 aromatic carbocycles. The molecule has 0 saturated heterocycles. The van der Waals surface area contributed by atoms with Crippen molar-refractivity contribution in [3.05, 3.63) is 59.2 Å². The summed E-state index contributed by atoms with van der Waals surface area (Å²) >= 11 is 0. The van der Waals surface area contributed by atoms with E-state index in [1.165, 1.54) is 36.4 Å². The van der Waals surface area contributed by atoms with Crippen LogP contribution in [0, 0.1) is 18.6 Å². The summed E-state index contributed by atoms with van der Waals surface area (Å²) in [5, 5.41) is 9.13.